The largest absolute Gasteiger partial charge is 0.394 e. The zero-order valence-corrected chi connectivity index (χ0v) is 19.9. The normalized spacial score (nSPS) is 35.8. The highest BCUT2D eigenvalue weighted by Gasteiger charge is 2.77. The van der Waals surface area contributed by atoms with Gasteiger partial charge in [-0.2, -0.15) is 0 Å². The van der Waals surface area contributed by atoms with E-state index in [1.165, 1.54) is 4.90 Å². The number of nitrogens with one attached hydrogen (secondary N) is 2. The third-order valence-corrected chi connectivity index (χ3v) is 7.42. The number of likely N-dealkylation sites (tertiary alicyclic amines) is 1. The van der Waals surface area contributed by atoms with E-state index in [-0.39, 0.29) is 41.1 Å². The van der Waals surface area contributed by atoms with Crippen molar-refractivity contribution < 1.29 is 24.2 Å². The fourth-order valence-electron chi connectivity index (χ4n) is 5.37. The van der Waals surface area contributed by atoms with E-state index in [9.17, 15) is 19.5 Å². The summed E-state index contributed by atoms with van der Waals surface area (Å²) in [7, 11) is 0. The molecular formula is C21H34BrN3O5. The number of ether oxygens (including phenoxy) is 1. The van der Waals surface area contributed by atoms with Crippen LogP contribution in [0, 0.1) is 17.8 Å². The third-order valence-electron chi connectivity index (χ3n) is 6.57. The van der Waals surface area contributed by atoms with Crippen molar-refractivity contribution in [3.8, 4) is 0 Å². The summed E-state index contributed by atoms with van der Waals surface area (Å²) in [4.78, 5) is 41.5. The fourth-order valence-corrected chi connectivity index (χ4v) is 6.32. The molecule has 3 rings (SSSR count). The van der Waals surface area contributed by atoms with Gasteiger partial charge < -0.3 is 25.4 Å². The Kier molecular flexibility index (Phi) is 6.84. The van der Waals surface area contributed by atoms with E-state index in [1.54, 1.807) is 0 Å². The Morgan fingerprint density at radius 1 is 1.30 bits per heavy atom. The summed E-state index contributed by atoms with van der Waals surface area (Å²) in [5, 5.41) is 15.9. The number of alkyl halides is 1. The van der Waals surface area contributed by atoms with Crippen LogP contribution in [-0.4, -0.2) is 75.5 Å². The molecule has 0 aromatic carbocycles. The molecule has 3 aliphatic heterocycles. The van der Waals surface area contributed by atoms with E-state index in [4.69, 9.17) is 4.74 Å². The monoisotopic (exact) mass is 487 g/mol. The molecule has 2 bridgehead atoms. The molecule has 3 unspecified atom stereocenters. The number of hydrogen-bond acceptors (Lipinski definition) is 5. The van der Waals surface area contributed by atoms with E-state index < -0.39 is 35.6 Å². The van der Waals surface area contributed by atoms with E-state index >= 15 is 0 Å². The molecule has 3 N–H and O–H groups in total. The van der Waals surface area contributed by atoms with Crippen LogP contribution in [0.5, 0.6) is 0 Å². The van der Waals surface area contributed by atoms with Crippen LogP contribution in [0.1, 0.15) is 47.5 Å². The van der Waals surface area contributed by atoms with E-state index in [0.29, 0.717) is 13.0 Å². The first-order valence-electron chi connectivity index (χ1n) is 10.9. The highest BCUT2D eigenvalue weighted by Crippen LogP contribution is 2.60. The number of aliphatic hydroxyl groups is 1. The van der Waals surface area contributed by atoms with Crippen molar-refractivity contribution in [1.29, 1.82) is 0 Å². The van der Waals surface area contributed by atoms with Gasteiger partial charge in [0, 0.05) is 17.4 Å². The first-order valence-corrected chi connectivity index (χ1v) is 11.8. The lowest BCUT2D eigenvalue weighted by molar-refractivity contribution is -0.147. The van der Waals surface area contributed by atoms with Crippen LogP contribution < -0.4 is 10.6 Å². The lowest BCUT2D eigenvalue weighted by Crippen LogP contribution is -2.59. The number of amides is 3. The predicted molar refractivity (Wildman–Crippen MR) is 115 cm³/mol. The molecule has 0 aliphatic carbocycles. The number of fused-ring (bicyclic) bond motifs is 1. The average Bonchev–Trinajstić information content (AvgIpc) is 3.23. The maximum atomic E-state index is 13.7. The summed E-state index contributed by atoms with van der Waals surface area (Å²) in [5.41, 5.74) is -1.08. The maximum absolute atomic E-state index is 13.7. The van der Waals surface area contributed by atoms with Crippen molar-refractivity contribution in [3.05, 3.63) is 0 Å². The molecule has 7 atom stereocenters. The quantitative estimate of drug-likeness (QED) is 0.439. The second-order valence-corrected chi connectivity index (χ2v) is 10.5. The number of rotatable bonds is 8. The van der Waals surface area contributed by atoms with Crippen LogP contribution in [0.4, 0.5) is 0 Å². The molecule has 1 spiro atoms. The molecule has 0 aromatic heterocycles. The Hall–Kier alpha value is -1.19. The molecule has 3 heterocycles. The van der Waals surface area contributed by atoms with Crippen LogP contribution in [0.2, 0.25) is 0 Å². The molecule has 3 saturated heterocycles. The van der Waals surface area contributed by atoms with Crippen molar-refractivity contribution >= 4 is 33.7 Å². The minimum absolute atomic E-state index is 0.0622. The summed E-state index contributed by atoms with van der Waals surface area (Å²) in [6, 6.07) is -1.53. The summed E-state index contributed by atoms with van der Waals surface area (Å²) in [6.07, 6.45) is 0.796. The van der Waals surface area contributed by atoms with Crippen molar-refractivity contribution in [2.75, 3.05) is 13.2 Å². The van der Waals surface area contributed by atoms with Crippen LogP contribution >= 0.6 is 15.9 Å². The summed E-state index contributed by atoms with van der Waals surface area (Å²) in [5.74, 6) is -2.23. The summed E-state index contributed by atoms with van der Waals surface area (Å²) in [6.45, 7) is 9.78. The minimum Gasteiger partial charge on any atom is -0.394 e. The minimum atomic E-state index is -1.08. The van der Waals surface area contributed by atoms with Gasteiger partial charge in [-0.15, -0.1) is 0 Å². The molecule has 3 fully saturated rings. The van der Waals surface area contributed by atoms with Gasteiger partial charge in [-0.05, 0) is 32.6 Å². The van der Waals surface area contributed by atoms with E-state index in [0.717, 1.165) is 6.42 Å². The predicted octanol–water partition coefficient (Wildman–Crippen LogP) is 0.802. The number of carbonyl (C=O) groups excluding carboxylic acids is 3. The van der Waals surface area contributed by atoms with Gasteiger partial charge in [-0.25, -0.2) is 0 Å². The lowest BCUT2D eigenvalue weighted by atomic mass is 9.70. The Balaban J connectivity index is 2.07. The number of hydrogen-bond donors (Lipinski definition) is 3. The van der Waals surface area contributed by atoms with E-state index in [2.05, 4.69) is 26.6 Å². The average molecular weight is 488 g/mol. The van der Waals surface area contributed by atoms with Gasteiger partial charge in [0.1, 0.15) is 11.6 Å². The smallest absolute Gasteiger partial charge is 0.246 e. The summed E-state index contributed by atoms with van der Waals surface area (Å²) < 4.78 is 6.39. The summed E-state index contributed by atoms with van der Waals surface area (Å²) >= 11 is 3.64. The van der Waals surface area contributed by atoms with Gasteiger partial charge in [0.2, 0.25) is 17.7 Å². The highest BCUT2D eigenvalue weighted by molar-refractivity contribution is 9.09. The second-order valence-electron chi connectivity index (χ2n) is 9.36. The zero-order valence-electron chi connectivity index (χ0n) is 18.4. The standard InChI is InChI=1S/C21H34BrN3O5/c1-6-7-23-18(27)14-15-20(29)25(13(9-26)10(2)3)17(19(28)24-11(4)5)21(15)8-12(22)16(14)30-21/h10-17,26H,6-9H2,1-5H3,(H,23,27)(H,24,28)/t12?,13-,14-,15-,16-,17?,21?/m0/s1. The number of aliphatic hydroxyl groups excluding tert-OH is 1. The van der Waals surface area contributed by atoms with Gasteiger partial charge in [-0.3, -0.25) is 14.4 Å². The van der Waals surface area contributed by atoms with Crippen molar-refractivity contribution in [1.82, 2.24) is 15.5 Å². The van der Waals surface area contributed by atoms with Gasteiger partial charge in [0.25, 0.3) is 0 Å². The fraction of sp³-hybridized carbons (Fsp3) is 0.857. The third kappa shape index (κ3) is 3.56. The number of halogens is 1. The maximum Gasteiger partial charge on any atom is 0.246 e. The Labute approximate surface area is 186 Å². The van der Waals surface area contributed by atoms with Crippen molar-refractivity contribution in [2.24, 2.45) is 17.8 Å². The SMILES string of the molecule is CCCNC(=O)[C@H]1[C@H]2C(=O)N([C@@H](CO)C(C)C)C(C(=O)NC(C)C)C23CC(Br)[C@@H]1O3. The molecule has 3 aliphatic rings. The Morgan fingerprint density at radius 2 is 1.97 bits per heavy atom. The topological polar surface area (TPSA) is 108 Å². The first kappa shape index (κ1) is 23.5. The highest BCUT2D eigenvalue weighted by atomic mass is 79.9. The van der Waals surface area contributed by atoms with E-state index in [1.807, 2.05) is 34.6 Å². The van der Waals surface area contributed by atoms with Crippen LogP contribution in [0.3, 0.4) is 0 Å². The molecule has 3 amide bonds. The Bertz CT molecular complexity index is 702. The van der Waals surface area contributed by atoms with Gasteiger partial charge >= 0.3 is 0 Å². The van der Waals surface area contributed by atoms with Gasteiger partial charge in [0.15, 0.2) is 0 Å². The number of carbonyl (C=O) groups is 3. The molecule has 0 saturated carbocycles. The number of nitrogens with zero attached hydrogens (tertiary/aromatic N) is 1. The molecule has 170 valence electrons. The molecule has 8 nitrogen and oxygen atoms in total. The van der Waals surface area contributed by atoms with Crippen LogP contribution in [-0.2, 0) is 19.1 Å². The van der Waals surface area contributed by atoms with Crippen molar-refractivity contribution in [2.45, 2.75) is 82.1 Å². The lowest BCUT2D eigenvalue weighted by Gasteiger charge is -2.38. The van der Waals surface area contributed by atoms with Crippen molar-refractivity contribution in [3.63, 3.8) is 0 Å². The Morgan fingerprint density at radius 3 is 2.50 bits per heavy atom. The molecule has 9 heteroatoms. The van der Waals surface area contributed by atoms with Crippen LogP contribution in [0.25, 0.3) is 0 Å². The second kappa shape index (κ2) is 8.74. The first-order chi connectivity index (χ1) is 14.1. The van der Waals surface area contributed by atoms with Gasteiger partial charge in [0.05, 0.1) is 30.6 Å². The molecule has 0 radical (unpaired) electrons. The molecule has 30 heavy (non-hydrogen) atoms. The van der Waals surface area contributed by atoms with Gasteiger partial charge in [-0.1, -0.05) is 36.7 Å². The van der Waals surface area contributed by atoms with Crippen LogP contribution in [0.15, 0.2) is 0 Å². The zero-order chi connectivity index (χ0) is 22.4. The molecular weight excluding hydrogens is 454 g/mol. The molecule has 0 aromatic rings.